The molecule has 0 saturated heterocycles. The Morgan fingerprint density at radius 2 is 1.18 bits per heavy atom. The van der Waals surface area contributed by atoms with Crippen LogP contribution in [-0.4, -0.2) is 5.91 Å². The standard InChI is InChI=1S/C19H9F6NO2/c20-10-3-1-9(2-4-10)19(27)26-11-5-7-12(8-6-11)28-18-16(24)14(22)13(21)15(23)17(18)25/h1-8H,(H,26,27). The number of ether oxygens (including phenoxy) is 1. The summed E-state index contributed by atoms with van der Waals surface area (Å²) in [5.41, 5.74) is 0.433. The lowest BCUT2D eigenvalue weighted by Crippen LogP contribution is -2.11. The van der Waals surface area contributed by atoms with Gasteiger partial charge >= 0.3 is 0 Å². The maximum Gasteiger partial charge on any atom is 0.255 e. The number of halogens is 6. The summed E-state index contributed by atoms with van der Waals surface area (Å²) in [6.45, 7) is 0. The summed E-state index contributed by atoms with van der Waals surface area (Å²) in [4.78, 5) is 12.0. The van der Waals surface area contributed by atoms with E-state index < -0.39 is 46.6 Å². The quantitative estimate of drug-likeness (QED) is 0.355. The molecule has 0 aliphatic rings. The zero-order valence-electron chi connectivity index (χ0n) is 13.7. The lowest BCUT2D eigenvalue weighted by Gasteiger charge is -2.11. The second-order valence-electron chi connectivity index (χ2n) is 5.49. The van der Waals surface area contributed by atoms with Gasteiger partial charge < -0.3 is 10.1 Å². The van der Waals surface area contributed by atoms with E-state index in [0.717, 1.165) is 24.3 Å². The Balaban J connectivity index is 1.77. The van der Waals surface area contributed by atoms with Gasteiger partial charge in [-0.25, -0.2) is 17.6 Å². The molecule has 144 valence electrons. The molecular weight excluding hydrogens is 388 g/mol. The fraction of sp³-hybridized carbons (Fsp3) is 0. The van der Waals surface area contributed by atoms with Crippen molar-refractivity contribution in [3.05, 3.63) is 89.0 Å². The van der Waals surface area contributed by atoms with Gasteiger partial charge in [-0.2, -0.15) is 8.78 Å². The summed E-state index contributed by atoms with van der Waals surface area (Å²) in [7, 11) is 0. The number of carbonyl (C=O) groups excluding carboxylic acids is 1. The molecule has 0 atom stereocenters. The van der Waals surface area contributed by atoms with Gasteiger partial charge in [-0.1, -0.05) is 0 Å². The maximum absolute atomic E-state index is 13.6. The van der Waals surface area contributed by atoms with E-state index in [0.29, 0.717) is 0 Å². The molecular formula is C19H9F6NO2. The zero-order chi connectivity index (χ0) is 20.4. The first kappa shape index (κ1) is 19.3. The minimum Gasteiger partial charge on any atom is -0.451 e. The molecule has 9 heteroatoms. The highest BCUT2D eigenvalue weighted by molar-refractivity contribution is 6.04. The molecule has 28 heavy (non-hydrogen) atoms. The topological polar surface area (TPSA) is 38.3 Å². The van der Waals surface area contributed by atoms with Crippen LogP contribution in [0.2, 0.25) is 0 Å². The van der Waals surface area contributed by atoms with Crippen molar-refractivity contribution >= 4 is 11.6 Å². The van der Waals surface area contributed by atoms with Gasteiger partial charge in [0.15, 0.2) is 0 Å². The number of nitrogens with one attached hydrogen (secondary N) is 1. The van der Waals surface area contributed by atoms with Crippen molar-refractivity contribution in [3.63, 3.8) is 0 Å². The van der Waals surface area contributed by atoms with Crippen molar-refractivity contribution in [2.24, 2.45) is 0 Å². The summed E-state index contributed by atoms with van der Waals surface area (Å²) < 4.78 is 84.3. The van der Waals surface area contributed by atoms with Crippen molar-refractivity contribution in [1.29, 1.82) is 0 Å². The zero-order valence-corrected chi connectivity index (χ0v) is 13.7. The third-order valence-electron chi connectivity index (χ3n) is 3.61. The first-order valence-corrected chi connectivity index (χ1v) is 7.64. The van der Waals surface area contributed by atoms with Gasteiger partial charge in [-0.05, 0) is 48.5 Å². The Labute approximate surface area is 154 Å². The predicted molar refractivity (Wildman–Crippen MR) is 87.1 cm³/mol. The van der Waals surface area contributed by atoms with E-state index in [9.17, 15) is 31.1 Å². The summed E-state index contributed by atoms with van der Waals surface area (Å²) >= 11 is 0. The Morgan fingerprint density at radius 3 is 1.71 bits per heavy atom. The molecule has 3 rings (SSSR count). The highest BCUT2D eigenvalue weighted by Crippen LogP contribution is 2.33. The molecule has 0 unspecified atom stereocenters. The van der Waals surface area contributed by atoms with Gasteiger partial charge in [0.2, 0.25) is 34.8 Å². The Hall–Kier alpha value is -3.49. The van der Waals surface area contributed by atoms with Crippen molar-refractivity contribution < 1.29 is 35.9 Å². The second kappa shape index (κ2) is 7.63. The van der Waals surface area contributed by atoms with E-state index in [1.807, 2.05) is 0 Å². The molecule has 0 aliphatic carbocycles. The lowest BCUT2D eigenvalue weighted by molar-refractivity contribution is 0.102. The van der Waals surface area contributed by atoms with Crippen LogP contribution in [0.1, 0.15) is 10.4 Å². The molecule has 1 amide bonds. The van der Waals surface area contributed by atoms with E-state index in [1.54, 1.807) is 0 Å². The molecule has 3 aromatic rings. The van der Waals surface area contributed by atoms with Gasteiger partial charge in [-0.15, -0.1) is 0 Å². The van der Waals surface area contributed by atoms with Crippen LogP contribution >= 0.6 is 0 Å². The molecule has 0 spiro atoms. The molecule has 0 aliphatic heterocycles. The van der Waals surface area contributed by atoms with E-state index >= 15 is 0 Å². The molecule has 0 aromatic heterocycles. The number of carbonyl (C=O) groups is 1. The van der Waals surface area contributed by atoms with Crippen molar-refractivity contribution in [2.75, 3.05) is 5.32 Å². The van der Waals surface area contributed by atoms with E-state index in [2.05, 4.69) is 5.32 Å². The van der Waals surface area contributed by atoms with Crippen LogP contribution in [0.15, 0.2) is 48.5 Å². The predicted octanol–water partition coefficient (Wildman–Crippen LogP) is 5.57. The molecule has 3 aromatic carbocycles. The van der Waals surface area contributed by atoms with E-state index in [1.165, 1.54) is 24.3 Å². The third kappa shape index (κ3) is 3.78. The van der Waals surface area contributed by atoms with Crippen LogP contribution in [0.3, 0.4) is 0 Å². The number of anilines is 1. The average Bonchev–Trinajstić information content (AvgIpc) is 2.70. The summed E-state index contributed by atoms with van der Waals surface area (Å²) in [5.74, 6) is -13.5. The van der Waals surface area contributed by atoms with E-state index in [4.69, 9.17) is 4.74 Å². The smallest absolute Gasteiger partial charge is 0.255 e. The van der Waals surface area contributed by atoms with Crippen molar-refractivity contribution in [2.45, 2.75) is 0 Å². The van der Waals surface area contributed by atoms with Gasteiger partial charge in [-0.3, -0.25) is 4.79 Å². The van der Waals surface area contributed by atoms with Crippen molar-refractivity contribution in [1.82, 2.24) is 0 Å². The number of rotatable bonds is 4. The fourth-order valence-electron chi connectivity index (χ4n) is 2.20. The van der Waals surface area contributed by atoms with E-state index in [-0.39, 0.29) is 17.0 Å². The van der Waals surface area contributed by atoms with Crippen molar-refractivity contribution in [3.8, 4) is 11.5 Å². The third-order valence-corrected chi connectivity index (χ3v) is 3.61. The van der Waals surface area contributed by atoms with Crippen LogP contribution < -0.4 is 10.1 Å². The van der Waals surface area contributed by atoms with Crippen LogP contribution in [0, 0.1) is 34.9 Å². The summed E-state index contributed by atoms with van der Waals surface area (Å²) in [5, 5.41) is 2.48. The average molecular weight is 397 g/mol. The second-order valence-corrected chi connectivity index (χ2v) is 5.49. The Bertz CT molecular complexity index is 1010. The molecule has 0 fully saturated rings. The lowest BCUT2D eigenvalue weighted by atomic mass is 10.2. The van der Waals surface area contributed by atoms with Crippen LogP contribution in [0.4, 0.5) is 32.0 Å². The first-order chi connectivity index (χ1) is 13.3. The molecule has 0 saturated carbocycles. The highest BCUT2D eigenvalue weighted by Gasteiger charge is 2.27. The molecule has 0 radical (unpaired) electrons. The first-order valence-electron chi connectivity index (χ1n) is 7.64. The molecule has 0 heterocycles. The minimum atomic E-state index is -2.29. The normalized spacial score (nSPS) is 10.6. The summed E-state index contributed by atoms with van der Waals surface area (Å²) in [6, 6.07) is 9.62. The van der Waals surface area contributed by atoms with Crippen LogP contribution in [0.25, 0.3) is 0 Å². The SMILES string of the molecule is O=C(Nc1ccc(Oc2c(F)c(F)c(F)c(F)c2F)cc1)c1ccc(F)cc1. The van der Waals surface area contributed by atoms with Crippen LogP contribution in [0.5, 0.6) is 11.5 Å². The number of amides is 1. The van der Waals surface area contributed by atoms with Gasteiger partial charge in [0.25, 0.3) is 5.91 Å². The number of benzene rings is 3. The Kier molecular flexibility index (Phi) is 5.25. The minimum absolute atomic E-state index is 0.183. The fourth-order valence-corrected chi connectivity index (χ4v) is 2.20. The summed E-state index contributed by atoms with van der Waals surface area (Å²) in [6.07, 6.45) is 0. The maximum atomic E-state index is 13.6. The largest absolute Gasteiger partial charge is 0.451 e. The monoisotopic (exact) mass is 397 g/mol. The highest BCUT2D eigenvalue weighted by atomic mass is 19.2. The van der Waals surface area contributed by atoms with Gasteiger partial charge in [0.05, 0.1) is 0 Å². The molecule has 0 bridgehead atoms. The number of hydrogen-bond donors (Lipinski definition) is 1. The van der Waals surface area contributed by atoms with Gasteiger partial charge in [0, 0.05) is 11.3 Å². The van der Waals surface area contributed by atoms with Crippen LogP contribution in [-0.2, 0) is 0 Å². The molecule has 3 nitrogen and oxygen atoms in total. The van der Waals surface area contributed by atoms with Gasteiger partial charge in [0.1, 0.15) is 11.6 Å². The number of hydrogen-bond acceptors (Lipinski definition) is 2. The Morgan fingerprint density at radius 1 is 0.679 bits per heavy atom. The molecule has 1 N–H and O–H groups in total.